The first-order chi connectivity index (χ1) is 17.5. The Morgan fingerprint density at radius 3 is 2.53 bits per heavy atom. The lowest BCUT2D eigenvalue weighted by molar-refractivity contribution is -0.000604. The summed E-state index contributed by atoms with van der Waals surface area (Å²) in [5.41, 5.74) is 5.53. The van der Waals surface area contributed by atoms with Crippen LogP contribution < -0.4 is 10.2 Å². The van der Waals surface area contributed by atoms with Crippen LogP contribution in [0.15, 0.2) is 42.6 Å². The summed E-state index contributed by atoms with van der Waals surface area (Å²) in [5, 5.41) is 9.06. The number of nitrogens with zero attached hydrogens (tertiary/aromatic N) is 3. The number of fused-ring (bicyclic) bond motifs is 2. The number of rotatable bonds is 5. The van der Waals surface area contributed by atoms with Crippen LogP contribution in [-0.4, -0.2) is 34.8 Å². The number of amides is 1. The van der Waals surface area contributed by atoms with Crippen molar-refractivity contribution in [3.8, 4) is 11.8 Å². The Morgan fingerprint density at radius 1 is 1.11 bits per heavy atom. The van der Waals surface area contributed by atoms with Gasteiger partial charge in [-0.15, -0.1) is 5.92 Å². The molecule has 5 nitrogen and oxygen atoms in total. The van der Waals surface area contributed by atoms with Crippen molar-refractivity contribution in [3.63, 3.8) is 0 Å². The van der Waals surface area contributed by atoms with Crippen molar-refractivity contribution in [3.05, 3.63) is 59.3 Å². The molecule has 0 bridgehead atoms. The van der Waals surface area contributed by atoms with E-state index < -0.39 is 0 Å². The first-order valence-electron chi connectivity index (χ1n) is 13.6. The molecule has 1 spiro atoms. The topological polar surface area (TPSA) is 50.2 Å². The standard InChI is InChI=1S/C31H34N4O/c1-3-5-22-8-11-27(30(36)33-25-15-31(16-25)12-4-13-31)29-28(22)17-32-35(29)20(2)21-6-9-26(10-7-21)34-18-23-14-24(23)19-34/h6-11,17,20,23-25H,4,12-16,18-19H2,1-2H3,(H,33,36)/t20-,23?,24?/m1/s1. The smallest absolute Gasteiger partial charge is 0.253 e. The molecule has 1 amide bonds. The molecule has 1 saturated heterocycles. The van der Waals surface area contributed by atoms with E-state index >= 15 is 0 Å². The molecule has 1 aliphatic heterocycles. The van der Waals surface area contributed by atoms with Gasteiger partial charge in [0.2, 0.25) is 0 Å². The van der Waals surface area contributed by atoms with Crippen molar-refractivity contribution < 1.29 is 4.79 Å². The molecule has 0 radical (unpaired) electrons. The lowest BCUT2D eigenvalue weighted by Crippen LogP contribution is -2.53. The Labute approximate surface area is 213 Å². The molecule has 36 heavy (non-hydrogen) atoms. The van der Waals surface area contributed by atoms with Gasteiger partial charge in [0, 0.05) is 35.8 Å². The first-order valence-corrected chi connectivity index (χ1v) is 13.6. The van der Waals surface area contributed by atoms with Gasteiger partial charge in [0.25, 0.3) is 5.91 Å². The second kappa shape index (κ2) is 8.13. The number of anilines is 1. The maximum atomic E-state index is 13.5. The maximum absolute atomic E-state index is 13.5. The minimum Gasteiger partial charge on any atom is -0.371 e. The maximum Gasteiger partial charge on any atom is 0.253 e. The fraction of sp³-hybridized carbons (Fsp3) is 0.484. The molecule has 3 aromatic rings. The molecule has 184 valence electrons. The third-order valence-corrected chi connectivity index (χ3v) is 9.46. The van der Waals surface area contributed by atoms with Crippen LogP contribution in [0.25, 0.3) is 10.9 Å². The highest BCUT2D eigenvalue weighted by Crippen LogP contribution is 2.55. The summed E-state index contributed by atoms with van der Waals surface area (Å²) in [6.45, 7) is 6.41. The van der Waals surface area contributed by atoms with E-state index in [2.05, 4.69) is 53.2 Å². The number of carbonyl (C=O) groups is 1. The molecule has 7 rings (SSSR count). The van der Waals surface area contributed by atoms with Gasteiger partial charge < -0.3 is 10.2 Å². The zero-order valence-corrected chi connectivity index (χ0v) is 21.3. The van der Waals surface area contributed by atoms with Crippen LogP contribution in [-0.2, 0) is 0 Å². The van der Waals surface area contributed by atoms with Crippen LogP contribution in [0.5, 0.6) is 0 Å². The largest absolute Gasteiger partial charge is 0.371 e. The number of piperidine rings is 1. The van der Waals surface area contributed by atoms with Crippen LogP contribution in [0.3, 0.4) is 0 Å². The monoisotopic (exact) mass is 478 g/mol. The molecule has 1 aromatic heterocycles. The van der Waals surface area contributed by atoms with E-state index in [4.69, 9.17) is 5.10 Å². The van der Waals surface area contributed by atoms with Gasteiger partial charge in [0.15, 0.2) is 0 Å². The Morgan fingerprint density at radius 2 is 1.86 bits per heavy atom. The quantitative estimate of drug-likeness (QED) is 0.490. The van der Waals surface area contributed by atoms with Crippen LogP contribution in [0.4, 0.5) is 5.69 Å². The SMILES string of the molecule is CC#Cc1ccc(C(=O)NC2CC3(CCC3)C2)c2c1cnn2[C@H](C)c1ccc(N2CC3CC3C2)cc1. The van der Waals surface area contributed by atoms with Crippen molar-refractivity contribution in [1.82, 2.24) is 15.1 Å². The van der Waals surface area contributed by atoms with E-state index in [9.17, 15) is 4.79 Å². The predicted octanol–water partition coefficient (Wildman–Crippen LogP) is 5.54. The zero-order valence-electron chi connectivity index (χ0n) is 21.3. The van der Waals surface area contributed by atoms with Crippen LogP contribution in [0, 0.1) is 29.1 Å². The van der Waals surface area contributed by atoms with Gasteiger partial charge in [-0.25, -0.2) is 0 Å². The highest BCUT2D eigenvalue weighted by atomic mass is 16.1. The third kappa shape index (κ3) is 3.53. The molecule has 5 heteroatoms. The summed E-state index contributed by atoms with van der Waals surface area (Å²) in [4.78, 5) is 16.0. The van der Waals surface area contributed by atoms with E-state index in [1.807, 2.05) is 29.9 Å². The first kappa shape index (κ1) is 22.0. The molecule has 2 unspecified atom stereocenters. The van der Waals surface area contributed by atoms with Crippen LogP contribution >= 0.6 is 0 Å². The van der Waals surface area contributed by atoms with E-state index in [0.717, 1.165) is 41.1 Å². The average Bonchev–Trinajstić information content (AvgIpc) is 3.23. The van der Waals surface area contributed by atoms with Gasteiger partial charge in [-0.2, -0.15) is 5.10 Å². The van der Waals surface area contributed by atoms with Gasteiger partial charge in [-0.1, -0.05) is 24.5 Å². The second-order valence-corrected chi connectivity index (χ2v) is 11.7. The summed E-state index contributed by atoms with van der Waals surface area (Å²) in [6.07, 6.45) is 9.55. The number of nitrogens with one attached hydrogen (secondary N) is 1. The molecule has 3 saturated carbocycles. The van der Waals surface area contributed by atoms with Crippen molar-refractivity contribution >= 4 is 22.5 Å². The minimum absolute atomic E-state index is 0.00173. The van der Waals surface area contributed by atoms with Gasteiger partial charge in [0.05, 0.1) is 23.3 Å². The van der Waals surface area contributed by atoms with Gasteiger partial charge in [-0.3, -0.25) is 9.48 Å². The summed E-state index contributed by atoms with van der Waals surface area (Å²) in [5.74, 6) is 8.06. The molecular formula is C31H34N4O. The van der Waals surface area contributed by atoms with Crippen molar-refractivity contribution in [2.24, 2.45) is 17.3 Å². The van der Waals surface area contributed by atoms with Crippen molar-refractivity contribution in [2.75, 3.05) is 18.0 Å². The molecule has 4 aliphatic rings. The van der Waals surface area contributed by atoms with Crippen molar-refractivity contribution in [2.45, 2.75) is 64.5 Å². The van der Waals surface area contributed by atoms with Crippen LogP contribution in [0.2, 0.25) is 0 Å². The third-order valence-electron chi connectivity index (χ3n) is 9.46. The Balaban J connectivity index is 1.18. The lowest BCUT2D eigenvalue weighted by atomic mass is 9.54. The number of hydrogen-bond acceptors (Lipinski definition) is 3. The number of hydrogen-bond donors (Lipinski definition) is 1. The second-order valence-electron chi connectivity index (χ2n) is 11.7. The Bertz CT molecular complexity index is 1390. The normalized spacial score (nSPS) is 24.4. The molecule has 3 atom stereocenters. The average molecular weight is 479 g/mol. The summed E-state index contributed by atoms with van der Waals surface area (Å²) < 4.78 is 2.01. The summed E-state index contributed by atoms with van der Waals surface area (Å²) in [7, 11) is 0. The molecule has 3 aliphatic carbocycles. The van der Waals surface area contributed by atoms with Crippen molar-refractivity contribution in [1.29, 1.82) is 0 Å². The summed E-state index contributed by atoms with van der Waals surface area (Å²) in [6, 6.07) is 13.1. The lowest BCUT2D eigenvalue weighted by Gasteiger charge is -2.54. The van der Waals surface area contributed by atoms with Gasteiger partial charge >= 0.3 is 0 Å². The number of benzene rings is 2. The fourth-order valence-corrected chi connectivity index (χ4v) is 7.03. The van der Waals surface area contributed by atoms with Gasteiger partial charge in [-0.05, 0) is 93.0 Å². The minimum atomic E-state index is 0.00173. The summed E-state index contributed by atoms with van der Waals surface area (Å²) >= 11 is 0. The highest BCUT2D eigenvalue weighted by molar-refractivity contribution is 6.07. The van der Waals surface area contributed by atoms with E-state index in [-0.39, 0.29) is 11.9 Å². The Hall–Kier alpha value is -3.26. The molecule has 4 fully saturated rings. The van der Waals surface area contributed by atoms with Crippen LogP contribution in [0.1, 0.15) is 79.9 Å². The number of aromatic nitrogens is 2. The van der Waals surface area contributed by atoms with E-state index in [1.165, 1.54) is 50.0 Å². The Kier molecular flexibility index (Phi) is 4.96. The van der Waals surface area contributed by atoms with Gasteiger partial charge in [0.1, 0.15) is 0 Å². The molecule has 2 aromatic carbocycles. The molecule has 2 heterocycles. The highest BCUT2D eigenvalue weighted by Gasteiger charge is 2.48. The number of carbonyl (C=O) groups excluding carboxylic acids is 1. The fourth-order valence-electron chi connectivity index (χ4n) is 7.03. The zero-order chi connectivity index (χ0) is 24.4. The molecular weight excluding hydrogens is 444 g/mol. The molecule has 1 N–H and O–H groups in total. The predicted molar refractivity (Wildman–Crippen MR) is 143 cm³/mol. The van der Waals surface area contributed by atoms with E-state index in [0.29, 0.717) is 17.0 Å². The van der Waals surface area contributed by atoms with E-state index in [1.54, 1.807) is 0 Å².